The van der Waals surface area contributed by atoms with Crippen LogP contribution in [-0.2, 0) is 14.8 Å². The van der Waals surface area contributed by atoms with Crippen LogP contribution in [0.1, 0.15) is 18.4 Å². The van der Waals surface area contributed by atoms with Crippen LogP contribution in [0.2, 0.25) is 0 Å². The second kappa shape index (κ2) is 8.87. The average molecular weight is 424 g/mol. The largest absolute Gasteiger partial charge is 0.433 e. The summed E-state index contributed by atoms with van der Waals surface area (Å²) in [4.78, 5) is 12.8. The Labute approximate surface area is 168 Å². The van der Waals surface area contributed by atoms with E-state index in [0.717, 1.165) is 5.56 Å². The van der Waals surface area contributed by atoms with Crippen molar-refractivity contribution in [3.05, 3.63) is 54.1 Å². The third-order valence-corrected chi connectivity index (χ3v) is 6.76. The predicted octanol–water partition coefficient (Wildman–Crippen LogP) is 3.64. The summed E-state index contributed by atoms with van der Waals surface area (Å²) < 4.78 is 56.3. The van der Waals surface area contributed by atoms with E-state index in [0.29, 0.717) is 12.8 Å². The minimum absolute atomic E-state index is 0.116. The van der Waals surface area contributed by atoms with E-state index in [2.05, 4.69) is 10.1 Å². The Hall–Kier alpha value is -2.52. The zero-order valence-corrected chi connectivity index (χ0v) is 16.7. The number of piperidine rings is 1. The monoisotopic (exact) mass is 424 g/mol. The van der Waals surface area contributed by atoms with Crippen molar-refractivity contribution in [2.45, 2.75) is 31.3 Å². The first kappa shape index (κ1) is 21.2. The zero-order chi connectivity index (χ0) is 21.0. The molecule has 0 aliphatic carbocycles. The van der Waals surface area contributed by atoms with Gasteiger partial charge in [-0.05, 0) is 44.0 Å². The van der Waals surface area contributed by atoms with Gasteiger partial charge in [-0.15, -0.1) is 0 Å². The Morgan fingerprint density at radius 2 is 1.72 bits per heavy atom. The molecule has 0 radical (unpaired) electrons. The Balaban J connectivity index is 1.62. The topological polar surface area (TPSA) is 75.7 Å². The number of aryl methyl sites for hydroxylation is 1. The van der Waals surface area contributed by atoms with Crippen LogP contribution < -0.4 is 10.1 Å². The first-order chi connectivity index (χ1) is 13.8. The fourth-order valence-corrected chi connectivity index (χ4v) is 4.69. The maximum atomic E-state index is 12.8. The number of nitrogens with one attached hydrogen (secondary N) is 1. The molecular weight excluding hydrogens is 402 g/mol. The summed E-state index contributed by atoms with van der Waals surface area (Å²) in [6.45, 7) is -0.693. The fourth-order valence-electron chi connectivity index (χ4n) is 3.22. The van der Waals surface area contributed by atoms with Crippen LogP contribution in [0.15, 0.2) is 53.4 Å². The lowest BCUT2D eigenvalue weighted by Crippen LogP contribution is -2.41. The van der Waals surface area contributed by atoms with Crippen molar-refractivity contribution in [1.82, 2.24) is 4.31 Å². The summed E-state index contributed by atoms with van der Waals surface area (Å²) >= 11 is 0. The van der Waals surface area contributed by atoms with Crippen LogP contribution in [0.5, 0.6) is 5.75 Å². The molecule has 1 aliphatic rings. The Bertz CT molecular complexity index is 957. The van der Waals surface area contributed by atoms with Crippen molar-refractivity contribution in [3.8, 4) is 5.75 Å². The van der Waals surface area contributed by atoms with Gasteiger partial charge in [0.15, 0.2) is 0 Å². The molecule has 156 valence electrons. The molecule has 1 heterocycles. The molecule has 6 nitrogen and oxygen atoms in total. The minimum Gasteiger partial charge on any atom is -0.433 e. The summed E-state index contributed by atoms with van der Waals surface area (Å²) in [5.41, 5.74) is 1.13. The van der Waals surface area contributed by atoms with E-state index in [-0.39, 0.29) is 35.3 Å². The summed E-state index contributed by atoms with van der Waals surface area (Å²) in [6, 6.07) is 12.6. The number of ether oxygens (including phenoxy) is 1. The van der Waals surface area contributed by atoms with Crippen LogP contribution in [0.4, 0.5) is 14.5 Å². The SMILES string of the molecule is Cc1ccc(S(=O)(=O)N2CCC(C(=O)Nc3ccccc3OC(F)F)CC2)cc1. The lowest BCUT2D eigenvalue weighted by Gasteiger charge is -2.30. The van der Waals surface area contributed by atoms with Gasteiger partial charge in [-0.1, -0.05) is 29.8 Å². The van der Waals surface area contributed by atoms with E-state index >= 15 is 0 Å². The van der Waals surface area contributed by atoms with Gasteiger partial charge in [-0.2, -0.15) is 13.1 Å². The van der Waals surface area contributed by atoms with Gasteiger partial charge in [-0.25, -0.2) is 8.42 Å². The smallest absolute Gasteiger partial charge is 0.387 e. The molecule has 9 heteroatoms. The predicted molar refractivity (Wildman–Crippen MR) is 104 cm³/mol. The Morgan fingerprint density at radius 3 is 2.34 bits per heavy atom. The minimum atomic E-state index is -3.61. The van der Waals surface area contributed by atoms with E-state index in [1.54, 1.807) is 30.3 Å². The quantitative estimate of drug-likeness (QED) is 0.768. The number of carbonyl (C=O) groups is 1. The number of amides is 1. The van der Waals surface area contributed by atoms with Crippen LogP contribution in [0.3, 0.4) is 0 Å². The molecular formula is C20H22F2N2O4S. The maximum absolute atomic E-state index is 12.8. The number of carbonyl (C=O) groups excluding carboxylic acids is 1. The first-order valence-corrected chi connectivity index (χ1v) is 10.6. The number of hydrogen-bond acceptors (Lipinski definition) is 4. The lowest BCUT2D eigenvalue weighted by molar-refractivity contribution is -0.121. The summed E-state index contributed by atoms with van der Waals surface area (Å²) in [5, 5.41) is 2.61. The van der Waals surface area contributed by atoms with Gasteiger partial charge in [-0.3, -0.25) is 4.79 Å². The second-order valence-corrected chi connectivity index (χ2v) is 8.79. The molecule has 0 atom stereocenters. The van der Waals surface area contributed by atoms with Gasteiger partial charge >= 0.3 is 6.61 Å². The Kier molecular flexibility index (Phi) is 6.49. The normalized spacial score (nSPS) is 16.0. The van der Waals surface area contributed by atoms with Gasteiger partial charge in [0.1, 0.15) is 5.75 Å². The van der Waals surface area contributed by atoms with E-state index in [1.807, 2.05) is 6.92 Å². The second-order valence-electron chi connectivity index (χ2n) is 6.86. The highest BCUT2D eigenvalue weighted by atomic mass is 32.2. The van der Waals surface area contributed by atoms with E-state index in [1.165, 1.54) is 22.5 Å². The molecule has 1 N–H and O–H groups in total. The molecule has 1 aliphatic heterocycles. The van der Waals surface area contributed by atoms with E-state index in [4.69, 9.17) is 0 Å². The number of nitrogens with zero attached hydrogens (tertiary/aromatic N) is 1. The van der Waals surface area contributed by atoms with Gasteiger partial charge in [0.2, 0.25) is 15.9 Å². The number of halogens is 2. The third kappa shape index (κ3) is 5.10. The number of hydrogen-bond donors (Lipinski definition) is 1. The van der Waals surface area contributed by atoms with Gasteiger partial charge in [0, 0.05) is 19.0 Å². The van der Waals surface area contributed by atoms with Crippen molar-refractivity contribution in [2.24, 2.45) is 5.92 Å². The molecule has 1 amide bonds. The summed E-state index contributed by atoms with van der Waals surface area (Å²) in [7, 11) is -3.61. The highest BCUT2D eigenvalue weighted by Crippen LogP contribution is 2.29. The van der Waals surface area contributed by atoms with Gasteiger partial charge < -0.3 is 10.1 Å². The van der Waals surface area contributed by atoms with Crippen molar-refractivity contribution in [3.63, 3.8) is 0 Å². The van der Waals surface area contributed by atoms with Crippen LogP contribution >= 0.6 is 0 Å². The number of rotatable bonds is 6. The molecule has 0 bridgehead atoms. The number of alkyl halides is 2. The molecule has 0 aromatic heterocycles. The molecule has 1 saturated heterocycles. The van der Waals surface area contributed by atoms with Crippen molar-refractivity contribution >= 4 is 21.6 Å². The van der Waals surface area contributed by atoms with Gasteiger partial charge in [0.25, 0.3) is 0 Å². The standard InChI is InChI=1S/C20H22F2N2O4S/c1-14-6-8-16(9-7-14)29(26,27)24-12-10-15(11-13-24)19(25)23-17-4-2-3-5-18(17)28-20(21)22/h2-9,15,20H,10-13H2,1H3,(H,23,25). The van der Waals surface area contributed by atoms with E-state index in [9.17, 15) is 22.0 Å². The van der Waals surface area contributed by atoms with Crippen molar-refractivity contribution in [2.75, 3.05) is 18.4 Å². The van der Waals surface area contributed by atoms with E-state index < -0.39 is 22.6 Å². The lowest BCUT2D eigenvalue weighted by atomic mass is 9.97. The number of para-hydroxylation sites is 2. The molecule has 3 rings (SSSR count). The molecule has 1 fully saturated rings. The zero-order valence-electron chi connectivity index (χ0n) is 15.8. The fraction of sp³-hybridized carbons (Fsp3) is 0.350. The first-order valence-electron chi connectivity index (χ1n) is 9.19. The molecule has 0 saturated carbocycles. The highest BCUT2D eigenvalue weighted by molar-refractivity contribution is 7.89. The number of sulfonamides is 1. The molecule has 2 aromatic carbocycles. The summed E-state index contributed by atoms with van der Waals surface area (Å²) in [5.74, 6) is -0.878. The highest BCUT2D eigenvalue weighted by Gasteiger charge is 2.32. The molecule has 0 unspecified atom stereocenters. The number of anilines is 1. The van der Waals surface area contributed by atoms with Gasteiger partial charge in [0.05, 0.1) is 10.6 Å². The summed E-state index contributed by atoms with van der Waals surface area (Å²) in [6.07, 6.45) is 0.684. The number of benzene rings is 2. The van der Waals surface area contributed by atoms with Crippen LogP contribution in [0, 0.1) is 12.8 Å². The molecule has 29 heavy (non-hydrogen) atoms. The average Bonchev–Trinajstić information content (AvgIpc) is 2.69. The maximum Gasteiger partial charge on any atom is 0.387 e. The van der Waals surface area contributed by atoms with Crippen LogP contribution in [0.25, 0.3) is 0 Å². The molecule has 0 spiro atoms. The Morgan fingerprint density at radius 1 is 1.10 bits per heavy atom. The van der Waals surface area contributed by atoms with Crippen LogP contribution in [-0.4, -0.2) is 38.3 Å². The van der Waals surface area contributed by atoms with Crippen molar-refractivity contribution in [1.29, 1.82) is 0 Å². The van der Waals surface area contributed by atoms with Crippen molar-refractivity contribution < 1.29 is 26.7 Å². The molecule has 2 aromatic rings. The third-order valence-electron chi connectivity index (χ3n) is 4.84.